The standard InChI is InChI=1S/C14H22BrNO2/c1-11(2)9-18-10-14(17)8-16-7-12-4-3-5-13(15)6-12/h3-6,11,14,16-17H,7-10H2,1-2H3. The lowest BCUT2D eigenvalue weighted by Gasteiger charge is -2.13. The van der Waals surface area contributed by atoms with Gasteiger partial charge in [0.05, 0.1) is 12.7 Å². The van der Waals surface area contributed by atoms with E-state index in [2.05, 4.69) is 47.2 Å². The fourth-order valence-corrected chi connectivity index (χ4v) is 1.98. The van der Waals surface area contributed by atoms with Gasteiger partial charge in [-0.05, 0) is 23.6 Å². The molecule has 0 saturated heterocycles. The van der Waals surface area contributed by atoms with Crippen LogP contribution >= 0.6 is 15.9 Å². The molecule has 0 aliphatic rings. The molecule has 0 aromatic heterocycles. The number of hydrogen-bond donors (Lipinski definition) is 2. The van der Waals surface area contributed by atoms with Crippen LogP contribution in [0.1, 0.15) is 19.4 Å². The molecule has 1 aromatic rings. The summed E-state index contributed by atoms with van der Waals surface area (Å²) in [6, 6.07) is 8.12. The van der Waals surface area contributed by atoms with Crippen LogP contribution in [0, 0.1) is 5.92 Å². The van der Waals surface area contributed by atoms with Gasteiger partial charge in [-0.15, -0.1) is 0 Å². The van der Waals surface area contributed by atoms with Crippen LogP contribution in [0.2, 0.25) is 0 Å². The fraction of sp³-hybridized carbons (Fsp3) is 0.571. The summed E-state index contributed by atoms with van der Waals surface area (Å²) >= 11 is 3.43. The van der Waals surface area contributed by atoms with E-state index in [1.807, 2.05) is 12.1 Å². The second-order valence-electron chi connectivity index (χ2n) is 4.85. The lowest BCUT2D eigenvalue weighted by Crippen LogP contribution is -2.30. The first-order valence-corrected chi connectivity index (χ1v) is 7.08. The SMILES string of the molecule is CC(C)COCC(O)CNCc1cccc(Br)c1. The van der Waals surface area contributed by atoms with Crippen molar-refractivity contribution in [2.75, 3.05) is 19.8 Å². The van der Waals surface area contributed by atoms with E-state index in [1.165, 1.54) is 5.56 Å². The normalized spacial score (nSPS) is 12.9. The average Bonchev–Trinajstić information content (AvgIpc) is 2.28. The number of aliphatic hydroxyl groups excluding tert-OH is 1. The van der Waals surface area contributed by atoms with Crippen molar-refractivity contribution in [1.29, 1.82) is 0 Å². The summed E-state index contributed by atoms with van der Waals surface area (Å²) in [5, 5.41) is 12.9. The highest BCUT2D eigenvalue weighted by molar-refractivity contribution is 9.10. The van der Waals surface area contributed by atoms with E-state index in [0.717, 1.165) is 11.0 Å². The van der Waals surface area contributed by atoms with Crippen LogP contribution in [0.4, 0.5) is 0 Å². The monoisotopic (exact) mass is 315 g/mol. The molecule has 0 spiro atoms. The summed E-state index contributed by atoms with van der Waals surface area (Å²) in [4.78, 5) is 0. The van der Waals surface area contributed by atoms with Crippen molar-refractivity contribution < 1.29 is 9.84 Å². The van der Waals surface area contributed by atoms with Gasteiger partial charge in [-0.25, -0.2) is 0 Å². The number of aliphatic hydroxyl groups is 1. The Kier molecular flexibility index (Phi) is 7.51. The maximum Gasteiger partial charge on any atom is 0.0897 e. The van der Waals surface area contributed by atoms with Crippen molar-refractivity contribution in [2.24, 2.45) is 5.92 Å². The minimum Gasteiger partial charge on any atom is -0.389 e. The van der Waals surface area contributed by atoms with Gasteiger partial charge in [0.2, 0.25) is 0 Å². The van der Waals surface area contributed by atoms with Crippen molar-refractivity contribution in [3.8, 4) is 0 Å². The second kappa shape index (κ2) is 8.64. The van der Waals surface area contributed by atoms with E-state index < -0.39 is 6.10 Å². The number of halogens is 1. The Labute approximate surface area is 118 Å². The molecule has 18 heavy (non-hydrogen) atoms. The van der Waals surface area contributed by atoms with Gasteiger partial charge in [-0.3, -0.25) is 0 Å². The van der Waals surface area contributed by atoms with E-state index in [0.29, 0.717) is 25.7 Å². The summed E-state index contributed by atoms with van der Waals surface area (Å²) in [7, 11) is 0. The highest BCUT2D eigenvalue weighted by Gasteiger charge is 2.04. The highest BCUT2D eigenvalue weighted by atomic mass is 79.9. The zero-order valence-electron chi connectivity index (χ0n) is 11.0. The first kappa shape index (κ1) is 15.6. The van der Waals surface area contributed by atoms with Gasteiger partial charge in [-0.1, -0.05) is 41.9 Å². The van der Waals surface area contributed by atoms with Gasteiger partial charge >= 0.3 is 0 Å². The number of ether oxygens (including phenoxy) is 1. The quantitative estimate of drug-likeness (QED) is 0.774. The van der Waals surface area contributed by atoms with Crippen LogP contribution in [-0.4, -0.2) is 31.0 Å². The first-order chi connectivity index (χ1) is 8.58. The fourth-order valence-electron chi connectivity index (χ4n) is 1.53. The van der Waals surface area contributed by atoms with Gasteiger partial charge in [0.1, 0.15) is 0 Å². The minimum atomic E-state index is -0.448. The summed E-state index contributed by atoms with van der Waals surface area (Å²) in [5.41, 5.74) is 1.19. The van der Waals surface area contributed by atoms with Crippen LogP contribution in [0.15, 0.2) is 28.7 Å². The Morgan fingerprint density at radius 2 is 2.11 bits per heavy atom. The molecule has 0 saturated carbocycles. The Hall–Kier alpha value is -0.420. The summed E-state index contributed by atoms with van der Waals surface area (Å²) in [6.45, 7) is 6.58. The molecule has 1 aromatic carbocycles. The number of hydrogen-bond acceptors (Lipinski definition) is 3. The molecule has 0 heterocycles. The smallest absolute Gasteiger partial charge is 0.0897 e. The van der Waals surface area contributed by atoms with Gasteiger partial charge in [0.15, 0.2) is 0 Å². The molecule has 3 nitrogen and oxygen atoms in total. The zero-order valence-corrected chi connectivity index (χ0v) is 12.6. The van der Waals surface area contributed by atoms with E-state index in [9.17, 15) is 5.11 Å². The average molecular weight is 316 g/mol. The molecular formula is C14H22BrNO2. The van der Waals surface area contributed by atoms with Crippen molar-refractivity contribution in [3.63, 3.8) is 0 Å². The lowest BCUT2D eigenvalue weighted by atomic mass is 10.2. The van der Waals surface area contributed by atoms with Crippen LogP contribution in [0.5, 0.6) is 0 Å². The molecular weight excluding hydrogens is 294 g/mol. The summed E-state index contributed by atoms with van der Waals surface area (Å²) in [5.74, 6) is 0.506. The van der Waals surface area contributed by atoms with E-state index in [1.54, 1.807) is 0 Å². The van der Waals surface area contributed by atoms with E-state index in [4.69, 9.17) is 4.74 Å². The molecule has 0 amide bonds. The molecule has 1 rings (SSSR count). The Morgan fingerprint density at radius 1 is 1.33 bits per heavy atom. The van der Waals surface area contributed by atoms with Crippen molar-refractivity contribution in [3.05, 3.63) is 34.3 Å². The van der Waals surface area contributed by atoms with Gasteiger partial charge in [0, 0.05) is 24.2 Å². The van der Waals surface area contributed by atoms with Crippen molar-refractivity contribution >= 4 is 15.9 Å². The number of rotatable bonds is 8. The third kappa shape index (κ3) is 7.11. The predicted octanol–water partition coefficient (Wildman–Crippen LogP) is 2.57. The van der Waals surface area contributed by atoms with Crippen molar-refractivity contribution in [2.45, 2.75) is 26.5 Å². The molecule has 0 bridgehead atoms. The number of benzene rings is 1. The highest BCUT2D eigenvalue weighted by Crippen LogP contribution is 2.11. The Balaban J connectivity index is 2.13. The first-order valence-electron chi connectivity index (χ1n) is 6.29. The zero-order chi connectivity index (χ0) is 13.4. The summed E-state index contributed by atoms with van der Waals surface area (Å²) in [6.07, 6.45) is -0.448. The van der Waals surface area contributed by atoms with E-state index in [-0.39, 0.29) is 0 Å². The molecule has 0 fully saturated rings. The van der Waals surface area contributed by atoms with Crippen molar-refractivity contribution in [1.82, 2.24) is 5.32 Å². The molecule has 4 heteroatoms. The molecule has 2 N–H and O–H groups in total. The van der Waals surface area contributed by atoms with E-state index >= 15 is 0 Å². The largest absolute Gasteiger partial charge is 0.389 e. The molecule has 0 radical (unpaired) electrons. The molecule has 0 aliphatic carbocycles. The lowest BCUT2D eigenvalue weighted by molar-refractivity contribution is 0.0260. The summed E-state index contributed by atoms with van der Waals surface area (Å²) < 4.78 is 6.45. The van der Waals surface area contributed by atoms with Crippen LogP contribution < -0.4 is 5.32 Å². The van der Waals surface area contributed by atoms with Gasteiger partial charge in [-0.2, -0.15) is 0 Å². The molecule has 0 aliphatic heterocycles. The molecule has 1 unspecified atom stereocenters. The molecule has 102 valence electrons. The Morgan fingerprint density at radius 3 is 2.78 bits per heavy atom. The maximum absolute atomic E-state index is 9.70. The van der Waals surface area contributed by atoms with Gasteiger partial charge < -0.3 is 15.2 Å². The molecule has 1 atom stereocenters. The third-order valence-corrected chi connectivity index (χ3v) is 2.85. The van der Waals surface area contributed by atoms with Crippen LogP contribution in [0.3, 0.4) is 0 Å². The number of nitrogens with one attached hydrogen (secondary N) is 1. The predicted molar refractivity (Wildman–Crippen MR) is 77.5 cm³/mol. The van der Waals surface area contributed by atoms with Crippen LogP contribution in [-0.2, 0) is 11.3 Å². The van der Waals surface area contributed by atoms with Crippen LogP contribution in [0.25, 0.3) is 0 Å². The maximum atomic E-state index is 9.70. The third-order valence-electron chi connectivity index (χ3n) is 2.36. The minimum absolute atomic E-state index is 0.393. The topological polar surface area (TPSA) is 41.5 Å². The second-order valence-corrected chi connectivity index (χ2v) is 5.76. The Bertz CT molecular complexity index is 344. The van der Waals surface area contributed by atoms with Gasteiger partial charge in [0.25, 0.3) is 0 Å².